The highest BCUT2D eigenvalue weighted by Crippen LogP contribution is 2.14. The van der Waals surface area contributed by atoms with Crippen molar-refractivity contribution in [3.63, 3.8) is 0 Å². The third kappa shape index (κ3) is 7.11. The summed E-state index contributed by atoms with van der Waals surface area (Å²) in [6.45, 7) is 6.25. The smallest absolute Gasteiger partial charge is 0.191 e. The molecule has 1 aromatic carbocycles. The minimum atomic E-state index is 0. The van der Waals surface area contributed by atoms with Crippen LogP contribution in [0.25, 0.3) is 0 Å². The zero-order valence-electron chi connectivity index (χ0n) is 15.6. The van der Waals surface area contributed by atoms with Crippen molar-refractivity contribution < 1.29 is 0 Å². The van der Waals surface area contributed by atoms with Crippen molar-refractivity contribution in [1.29, 1.82) is 0 Å². The standard InChI is InChI=1S/C18H27ClN6.HI/c1-4-5-11-20-18(22-13-17-24-23-14(2)25(17)3)21-12-10-15-8-6-7-9-16(15)19;/h6-9H,4-5,10-13H2,1-3H3,(H2,20,21,22);1H. The molecule has 0 aliphatic rings. The molecule has 1 aromatic heterocycles. The SMILES string of the molecule is CCCCNC(=NCc1nnc(C)n1C)NCCc1ccccc1Cl.I. The molecule has 0 unspecified atom stereocenters. The highest BCUT2D eigenvalue weighted by atomic mass is 127. The van der Waals surface area contributed by atoms with Crippen LogP contribution in [0.2, 0.25) is 5.02 Å². The minimum Gasteiger partial charge on any atom is -0.356 e. The fourth-order valence-corrected chi connectivity index (χ4v) is 2.54. The summed E-state index contributed by atoms with van der Waals surface area (Å²) in [5, 5.41) is 15.8. The molecule has 1 heterocycles. The van der Waals surface area contributed by atoms with Crippen molar-refractivity contribution in [3.05, 3.63) is 46.5 Å². The number of halogens is 2. The monoisotopic (exact) mass is 490 g/mol. The summed E-state index contributed by atoms with van der Waals surface area (Å²) in [6, 6.07) is 7.92. The second-order valence-electron chi connectivity index (χ2n) is 5.94. The van der Waals surface area contributed by atoms with Gasteiger partial charge in [-0.25, -0.2) is 4.99 Å². The molecule has 0 bridgehead atoms. The predicted octanol–water partition coefficient (Wildman–Crippen LogP) is 3.47. The molecule has 26 heavy (non-hydrogen) atoms. The van der Waals surface area contributed by atoms with E-state index in [2.05, 4.69) is 32.7 Å². The Balaban J connectivity index is 0.00000338. The molecule has 0 aliphatic heterocycles. The van der Waals surface area contributed by atoms with E-state index in [1.54, 1.807) is 0 Å². The van der Waals surface area contributed by atoms with E-state index in [4.69, 9.17) is 11.6 Å². The lowest BCUT2D eigenvalue weighted by Gasteiger charge is -2.13. The quantitative estimate of drug-likeness (QED) is 0.257. The van der Waals surface area contributed by atoms with Gasteiger partial charge in [0, 0.05) is 25.2 Å². The van der Waals surface area contributed by atoms with E-state index in [0.717, 1.165) is 60.5 Å². The number of unbranched alkanes of at least 4 members (excludes halogenated alkanes) is 1. The van der Waals surface area contributed by atoms with Crippen molar-refractivity contribution >= 4 is 41.5 Å². The van der Waals surface area contributed by atoms with E-state index in [1.165, 1.54) is 0 Å². The number of aliphatic imine (C=N–C) groups is 1. The molecule has 8 heteroatoms. The first-order valence-corrected chi connectivity index (χ1v) is 9.10. The van der Waals surface area contributed by atoms with Crippen LogP contribution in [0, 0.1) is 6.92 Å². The van der Waals surface area contributed by atoms with Gasteiger partial charge in [-0.15, -0.1) is 34.2 Å². The number of hydrogen-bond acceptors (Lipinski definition) is 3. The molecule has 144 valence electrons. The Bertz CT molecular complexity index is 701. The number of nitrogens with zero attached hydrogens (tertiary/aromatic N) is 4. The first-order valence-electron chi connectivity index (χ1n) is 8.72. The Kier molecular flexibility index (Phi) is 10.6. The van der Waals surface area contributed by atoms with Crippen molar-refractivity contribution in [2.45, 2.75) is 39.7 Å². The number of hydrogen-bond donors (Lipinski definition) is 2. The highest BCUT2D eigenvalue weighted by molar-refractivity contribution is 14.0. The van der Waals surface area contributed by atoms with Crippen LogP contribution in [-0.2, 0) is 20.0 Å². The topological polar surface area (TPSA) is 67.1 Å². The predicted molar refractivity (Wildman–Crippen MR) is 118 cm³/mol. The summed E-state index contributed by atoms with van der Waals surface area (Å²) in [7, 11) is 1.95. The van der Waals surface area contributed by atoms with Crippen LogP contribution >= 0.6 is 35.6 Å². The molecule has 6 nitrogen and oxygen atoms in total. The molecule has 0 amide bonds. The lowest BCUT2D eigenvalue weighted by Crippen LogP contribution is -2.39. The maximum Gasteiger partial charge on any atom is 0.191 e. The third-order valence-electron chi connectivity index (χ3n) is 4.03. The molecule has 2 rings (SSSR count). The van der Waals surface area contributed by atoms with E-state index >= 15 is 0 Å². The van der Waals surface area contributed by atoms with Gasteiger partial charge in [-0.1, -0.05) is 43.1 Å². The summed E-state index contributed by atoms with van der Waals surface area (Å²) in [5.74, 6) is 2.53. The van der Waals surface area contributed by atoms with Crippen LogP contribution in [0.3, 0.4) is 0 Å². The second kappa shape index (κ2) is 12.1. The molecular formula is C18H28ClIN6. The molecule has 0 saturated heterocycles. The van der Waals surface area contributed by atoms with E-state index in [1.807, 2.05) is 42.8 Å². The van der Waals surface area contributed by atoms with Crippen molar-refractivity contribution in [3.8, 4) is 0 Å². The maximum absolute atomic E-state index is 6.21. The van der Waals surface area contributed by atoms with E-state index < -0.39 is 0 Å². The lowest BCUT2D eigenvalue weighted by molar-refractivity contribution is 0.714. The Morgan fingerprint density at radius 2 is 1.92 bits per heavy atom. The van der Waals surface area contributed by atoms with Gasteiger partial charge in [-0.3, -0.25) is 0 Å². The molecular weight excluding hydrogens is 463 g/mol. The van der Waals surface area contributed by atoms with Gasteiger partial charge in [0.25, 0.3) is 0 Å². The van der Waals surface area contributed by atoms with Crippen molar-refractivity contribution in [1.82, 2.24) is 25.4 Å². The van der Waals surface area contributed by atoms with Gasteiger partial charge >= 0.3 is 0 Å². The third-order valence-corrected chi connectivity index (χ3v) is 4.40. The van der Waals surface area contributed by atoms with Gasteiger partial charge < -0.3 is 15.2 Å². The summed E-state index contributed by atoms with van der Waals surface area (Å²) in [4.78, 5) is 4.63. The number of benzene rings is 1. The lowest BCUT2D eigenvalue weighted by atomic mass is 10.1. The first-order chi connectivity index (χ1) is 12.1. The fraction of sp³-hybridized carbons (Fsp3) is 0.500. The van der Waals surface area contributed by atoms with Crippen LogP contribution in [0.5, 0.6) is 0 Å². The number of guanidine groups is 1. The van der Waals surface area contributed by atoms with Crippen LogP contribution in [0.4, 0.5) is 0 Å². The molecule has 0 saturated carbocycles. The van der Waals surface area contributed by atoms with Gasteiger partial charge in [0.05, 0.1) is 0 Å². The van der Waals surface area contributed by atoms with Gasteiger partial charge in [-0.05, 0) is 31.4 Å². The molecule has 0 aliphatic carbocycles. The molecule has 0 fully saturated rings. The average Bonchev–Trinajstić information content (AvgIpc) is 2.93. The minimum absolute atomic E-state index is 0. The average molecular weight is 491 g/mol. The maximum atomic E-state index is 6.21. The van der Waals surface area contributed by atoms with Crippen molar-refractivity contribution in [2.75, 3.05) is 13.1 Å². The zero-order chi connectivity index (χ0) is 18.1. The Hall–Kier alpha value is -1.35. The second-order valence-corrected chi connectivity index (χ2v) is 6.34. The summed E-state index contributed by atoms with van der Waals surface area (Å²) in [5.41, 5.74) is 1.13. The highest BCUT2D eigenvalue weighted by Gasteiger charge is 2.05. The normalized spacial score (nSPS) is 11.2. The Labute approximate surface area is 177 Å². The summed E-state index contributed by atoms with van der Waals surface area (Å²) in [6.07, 6.45) is 3.09. The number of aryl methyl sites for hydroxylation is 1. The largest absolute Gasteiger partial charge is 0.356 e. The van der Waals surface area contributed by atoms with Crippen LogP contribution in [-0.4, -0.2) is 33.8 Å². The van der Waals surface area contributed by atoms with Crippen molar-refractivity contribution in [2.24, 2.45) is 12.0 Å². The number of nitrogens with one attached hydrogen (secondary N) is 2. The summed E-state index contributed by atoms with van der Waals surface area (Å²) >= 11 is 6.21. The fourth-order valence-electron chi connectivity index (χ4n) is 2.31. The number of rotatable bonds is 8. The molecule has 0 atom stereocenters. The van der Waals surface area contributed by atoms with Gasteiger partial charge in [0.15, 0.2) is 11.8 Å². The van der Waals surface area contributed by atoms with E-state index in [9.17, 15) is 0 Å². The molecule has 2 aromatic rings. The first kappa shape index (κ1) is 22.7. The van der Waals surface area contributed by atoms with Crippen LogP contribution in [0.15, 0.2) is 29.3 Å². The van der Waals surface area contributed by atoms with E-state index in [-0.39, 0.29) is 24.0 Å². The van der Waals surface area contributed by atoms with Crippen LogP contribution < -0.4 is 10.6 Å². The Morgan fingerprint density at radius 3 is 2.58 bits per heavy atom. The van der Waals surface area contributed by atoms with E-state index in [0.29, 0.717) is 6.54 Å². The zero-order valence-corrected chi connectivity index (χ0v) is 18.7. The van der Waals surface area contributed by atoms with Crippen LogP contribution in [0.1, 0.15) is 37.0 Å². The Morgan fingerprint density at radius 1 is 1.19 bits per heavy atom. The number of aromatic nitrogens is 3. The van der Waals surface area contributed by atoms with Gasteiger partial charge in [-0.2, -0.15) is 0 Å². The molecule has 0 radical (unpaired) electrons. The summed E-state index contributed by atoms with van der Waals surface area (Å²) < 4.78 is 1.96. The molecule has 0 spiro atoms. The van der Waals surface area contributed by atoms with Gasteiger partial charge in [0.1, 0.15) is 12.4 Å². The van der Waals surface area contributed by atoms with Gasteiger partial charge in [0.2, 0.25) is 0 Å². The molecule has 2 N–H and O–H groups in total.